The molecule has 0 aliphatic carbocycles. The van der Waals surface area contributed by atoms with Crippen molar-refractivity contribution in [2.75, 3.05) is 17.7 Å². The number of benzene rings is 1. The lowest BCUT2D eigenvalue weighted by atomic mass is 10.1. The van der Waals surface area contributed by atoms with E-state index in [4.69, 9.17) is 0 Å². The molecule has 18 heavy (non-hydrogen) atoms. The summed E-state index contributed by atoms with van der Waals surface area (Å²) < 4.78 is 4.02. The van der Waals surface area contributed by atoms with Crippen LogP contribution in [0.25, 0.3) is 0 Å². The van der Waals surface area contributed by atoms with E-state index in [1.165, 1.54) is 11.5 Å². The number of rotatable bonds is 3. The number of hydrogen-bond acceptors (Lipinski definition) is 5. The van der Waals surface area contributed by atoms with Gasteiger partial charge in [-0.2, -0.15) is 4.37 Å². The van der Waals surface area contributed by atoms with Gasteiger partial charge in [-0.3, -0.25) is 10.1 Å². The highest BCUT2D eigenvalue weighted by molar-refractivity contribution is 7.09. The summed E-state index contributed by atoms with van der Waals surface area (Å²) >= 11 is 1.18. The van der Waals surface area contributed by atoms with E-state index in [9.17, 15) is 4.79 Å². The second-order valence-electron chi connectivity index (χ2n) is 3.90. The van der Waals surface area contributed by atoms with Crippen LogP contribution in [0.1, 0.15) is 21.7 Å². The molecule has 0 aliphatic rings. The summed E-state index contributed by atoms with van der Waals surface area (Å²) in [7, 11) is 1.79. The summed E-state index contributed by atoms with van der Waals surface area (Å²) in [5, 5.41) is 6.26. The topological polar surface area (TPSA) is 66.9 Å². The molecule has 1 amide bonds. The van der Waals surface area contributed by atoms with E-state index in [-0.39, 0.29) is 5.91 Å². The van der Waals surface area contributed by atoms with Crippen LogP contribution in [0.4, 0.5) is 10.8 Å². The van der Waals surface area contributed by atoms with Crippen LogP contribution in [0, 0.1) is 13.8 Å². The number of nitrogens with zero attached hydrogens (tertiary/aromatic N) is 2. The number of aromatic nitrogens is 2. The largest absolute Gasteiger partial charge is 0.387 e. The van der Waals surface area contributed by atoms with Crippen molar-refractivity contribution < 1.29 is 4.79 Å². The molecule has 0 aliphatic heterocycles. The molecule has 1 heterocycles. The van der Waals surface area contributed by atoms with Gasteiger partial charge in [-0.25, -0.2) is 4.98 Å². The van der Waals surface area contributed by atoms with Gasteiger partial charge in [0.2, 0.25) is 5.13 Å². The molecule has 0 atom stereocenters. The van der Waals surface area contributed by atoms with E-state index in [0.29, 0.717) is 16.5 Å². The van der Waals surface area contributed by atoms with Gasteiger partial charge in [0.05, 0.1) is 5.56 Å². The van der Waals surface area contributed by atoms with Crippen LogP contribution in [0.15, 0.2) is 18.2 Å². The fraction of sp³-hybridized carbons (Fsp3) is 0.250. The number of aryl methyl sites for hydroxylation is 2. The molecule has 1 aromatic heterocycles. The first-order chi connectivity index (χ1) is 8.60. The number of amides is 1. The van der Waals surface area contributed by atoms with Crippen molar-refractivity contribution in [3.63, 3.8) is 0 Å². The molecule has 2 rings (SSSR count). The van der Waals surface area contributed by atoms with Crippen molar-refractivity contribution in [2.45, 2.75) is 13.8 Å². The van der Waals surface area contributed by atoms with Crippen LogP contribution in [-0.2, 0) is 0 Å². The smallest absolute Gasteiger partial charge is 0.259 e. The summed E-state index contributed by atoms with van der Waals surface area (Å²) in [6, 6.07) is 5.68. The number of nitrogens with one attached hydrogen (secondary N) is 2. The maximum absolute atomic E-state index is 12.1. The summed E-state index contributed by atoms with van der Waals surface area (Å²) in [5.41, 5.74) is 2.43. The van der Waals surface area contributed by atoms with Gasteiger partial charge in [0, 0.05) is 24.3 Å². The van der Waals surface area contributed by atoms with Gasteiger partial charge in [0.15, 0.2) is 0 Å². The monoisotopic (exact) mass is 262 g/mol. The zero-order valence-corrected chi connectivity index (χ0v) is 11.3. The highest BCUT2D eigenvalue weighted by Crippen LogP contribution is 2.19. The van der Waals surface area contributed by atoms with Gasteiger partial charge in [0.1, 0.15) is 5.82 Å². The third kappa shape index (κ3) is 2.65. The second kappa shape index (κ2) is 5.14. The Kier molecular flexibility index (Phi) is 3.57. The number of anilines is 2. The SMILES string of the molecule is CNc1ccc(C)cc1C(=O)Nc1nc(C)ns1. The maximum atomic E-state index is 12.1. The van der Waals surface area contributed by atoms with E-state index in [0.717, 1.165) is 11.3 Å². The lowest BCUT2D eigenvalue weighted by Crippen LogP contribution is -2.14. The first-order valence-electron chi connectivity index (χ1n) is 5.50. The van der Waals surface area contributed by atoms with Crippen molar-refractivity contribution in [3.8, 4) is 0 Å². The molecule has 6 heteroatoms. The summed E-state index contributed by atoms with van der Waals surface area (Å²) in [6.45, 7) is 3.74. The van der Waals surface area contributed by atoms with Crippen molar-refractivity contribution in [1.29, 1.82) is 0 Å². The number of carbonyl (C=O) groups is 1. The fourth-order valence-electron chi connectivity index (χ4n) is 1.58. The van der Waals surface area contributed by atoms with E-state index in [1.807, 2.05) is 25.1 Å². The Bertz CT molecular complexity index is 579. The molecule has 0 bridgehead atoms. The molecular formula is C12H14N4OS. The van der Waals surface area contributed by atoms with E-state index in [1.54, 1.807) is 14.0 Å². The molecule has 1 aromatic carbocycles. The molecule has 5 nitrogen and oxygen atoms in total. The van der Waals surface area contributed by atoms with Gasteiger partial charge < -0.3 is 5.32 Å². The Balaban J connectivity index is 2.25. The highest BCUT2D eigenvalue weighted by atomic mass is 32.1. The molecular weight excluding hydrogens is 248 g/mol. The van der Waals surface area contributed by atoms with Crippen molar-refractivity contribution in [3.05, 3.63) is 35.2 Å². The van der Waals surface area contributed by atoms with Crippen LogP contribution >= 0.6 is 11.5 Å². The Morgan fingerprint density at radius 1 is 1.33 bits per heavy atom. The maximum Gasteiger partial charge on any atom is 0.259 e. The summed E-state index contributed by atoms with van der Waals surface area (Å²) in [6.07, 6.45) is 0. The third-order valence-electron chi connectivity index (χ3n) is 2.44. The number of carbonyl (C=O) groups excluding carboxylic acids is 1. The van der Waals surface area contributed by atoms with Crippen LogP contribution in [0.2, 0.25) is 0 Å². The summed E-state index contributed by atoms with van der Waals surface area (Å²) in [4.78, 5) is 16.3. The minimum absolute atomic E-state index is 0.181. The standard InChI is InChI=1S/C12H14N4OS/c1-7-4-5-10(13-3)9(6-7)11(17)15-12-14-8(2)16-18-12/h4-6,13H,1-3H3,(H,14,15,16,17). The zero-order chi connectivity index (χ0) is 13.1. The third-order valence-corrected chi connectivity index (χ3v) is 3.16. The van der Waals surface area contributed by atoms with Gasteiger partial charge >= 0.3 is 0 Å². The van der Waals surface area contributed by atoms with Gasteiger partial charge in [-0.05, 0) is 26.0 Å². The van der Waals surface area contributed by atoms with E-state index < -0.39 is 0 Å². The lowest BCUT2D eigenvalue weighted by molar-refractivity contribution is 0.102. The Morgan fingerprint density at radius 2 is 2.11 bits per heavy atom. The first-order valence-corrected chi connectivity index (χ1v) is 6.27. The van der Waals surface area contributed by atoms with Crippen molar-refractivity contribution >= 4 is 28.3 Å². The summed E-state index contributed by atoms with van der Waals surface area (Å²) in [5.74, 6) is 0.479. The van der Waals surface area contributed by atoms with Crippen LogP contribution in [0.3, 0.4) is 0 Å². The molecule has 94 valence electrons. The predicted octanol–water partition coefficient (Wildman–Crippen LogP) is 2.45. The average molecular weight is 262 g/mol. The lowest BCUT2D eigenvalue weighted by Gasteiger charge is -2.09. The average Bonchev–Trinajstić information content (AvgIpc) is 2.74. The fourth-order valence-corrected chi connectivity index (χ4v) is 2.15. The molecule has 0 unspecified atom stereocenters. The Labute approximate surface area is 109 Å². The van der Waals surface area contributed by atoms with Gasteiger partial charge in [-0.15, -0.1) is 0 Å². The normalized spacial score (nSPS) is 10.2. The zero-order valence-electron chi connectivity index (χ0n) is 10.4. The van der Waals surface area contributed by atoms with Crippen molar-refractivity contribution in [2.24, 2.45) is 0 Å². The highest BCUT2D eigenvalue weighted by Gasteiger charge is 2.13. The first kappa shape index (κ1) is 12.5. The quantitative estimate of drug-likeness (QED) is 0.891. The minimum Gasteiger partial charge on any atom is -0.387 e. The van der Waals surface area contributed by atoms with Gasteiger partial charge in [-0.1, -0.05) is 11.6 Å². The van der Waals surface area contributed by atoms with E-state index >= 15 is 0 Å². The molecule has 2 N–H and O–H groups in total. The molecule has 0 saturated heterocycles. The van der Waals surface area contributed by atoms with Crippen molar-refractivity contribution in [1.82, 2.24) is 9.36 Å². The predicted molar refractivity (Wildman–Crippen MR) is 73.3 cm³/mol. The molecule has 0 fully saturated rings. The van der Waals surface area contributed by atoms with Crippen LogP contribution in [0.5, 0.6) is 0 Å². The molecule has 0 spiro atoms. The molecule has 0 saturated carbocycles. The minimum atomic E-state index is -0.181. The molecule has 0 radical (unpaired) electrons. The van der Waals surface area contributed by atoms with E-state index in [2.05, 4.69) is 20.0 Å². The second-order valence-corrected chi connectivity index (χ2v) is 4.65. The van der Waals surface area contributed by atoms with Crippen LogP contribution in [-0.4, -0.2) is 22.3 Å². The Morgan fingerprint density at radius 3 is 2.72 bits per heavy atom. The number of hydrogen-bond donors (Lipinski definition) is 2. The Hall–Kier alpha value is -1.95. The van der Waals surface area contributed by atoms with Gasteiger partial charge in [0.25, 0.3) is 5.91 Å². The van der Waals surface area contributed by atoms with Crippen LogP contribution < -0.4 is 10.6 Å². The molecule has 2 aromatic rings.